The lowest BCUT2D eigenvalue weighted by molar-refractivity contribution is 0.0941. The Morgan fingerprint density at radius 2 is 2.10 bits per heavy atom. The topological polar surface area (TPSA) is 55.1 Å². The summed E-state index contributed by atoms with van der Waals surface area (Å²) in [5.41, 5.74) is 7.46. The van der Waals surface area contributed by atoms with Gasteiger partial charge in [0.15, 0.2) is 0 Å². The third-order valence-electron chi connectivity index (χ3n) is 5.09. The van der Waals surface area contributed by atoms with Gasteiger partial charge in [-0.1, -0.05) is 24.6 Å². The van der Waals surface area contributed by atoms with Crippen molar-refractivity contribution >= 4 is 5.91 Å². The van der Waals surface area contributed by atoms with Crippen LogP contribution in [0.4, 0.5) is 0 Å². The number of amides is 1. The van der Waals surface area contributed by atoms with Gasteiger partial charge in [0.2, 0.25) is 0 Å². The summed E-state index contributed by atoms with van der Waals surface area (Å²) in [5.74, 6) is 2.57. The molecule has 0 spiro atoms. The highest BCUT2D eigenvalue weighted by Crippen LogP contribution is 2.47. The van der Waals surface area contributed by atoms with Crippen molar-refractivity contribution in [3.05, 3.63) is 35.4 Å². The van der Waals surface area contributed by atoms with E-state index >= 15 is 0 Å². The third kappa shape index (κ3) is 2.73. The van der Waals surface area contributed by atoms with Gasteiger partial charge in [0.1, 0.15) is 0 Å². The Morgan fingerprint density at radius 3 is 2.80 bits per heavy atom. The monoisotopic (exact) mass is 272 g/mol. The molecule has 0 saturated heterocycles. The summed E-state index contributed by atoms with van der Waals surface area (Å²) in [6, 6.07) is 7.80. The number of nitrogens with two attached hydrogens (primary N) is 1. The maximum Gasteiger partial charge on any atom is 0.251 e. The van der Waals surface area contributed by atoms with Gasteiger partial charge in [0.25, 0.3) is 5.91 Å². The van der Waals surface area contributed by atoms with Crippen molar-refractivity contribution in [2.45, 2.75) is 32.1 Å². The van der Waals surface area contributed by atoms with E-state index in [-0.39, 0.29) is 5.91 Å². The molecular formula is C17H24N2O. The summed E-state index contributed by atoms with van der Waals surface area (Å²) in [4.78, 5) is 12.4. The van der Waals surface area contributed by atoms with Gasteiger partial charge in [-0.3, -0.25) is 4.79 Å². The van der Waals surface area contributed by atoms with Gasteiger partial charge in [0, 0.05) is 12.1 Å². The molecule has 0 aliphatic heterocycles. The smallest absolute Gasteiger partial charge is 0.251 e. The number of hydrogen-bond donors (Lipinski definition) is 2. The zero-order valence-electron chi connectivity index (χ0n) is 12.0. The van der Waals surface area contributed by atoms with Crippen LogP contribution in [-0.4, -0.2) is 19.0 Å². The fourth-order valence-corrected chi connectivity index (χ4v) is 4.06. The van der Waals surface area contributed by atoms with Crippen LogP contribution >= 0.6 is 0 Å². The molecule has 1 aromatic carbocycles. The van der Waals surface area contributed by atoms with Crippen LogP contribution in [0, 0.1) is 17.8 Å². The van der Waals surface area contributed by atoms with E-state index in [1.54, 1.807) is 0 Å². The fraction of sp³-hybridized carbons (Fsp3) is 0.588. The number of rotatable bonds is 5. The number of carbonyl (C=O) groups is 1. The lowest BCUT2D eigenvalue weighted by Crippen LogP contribution is -2.32. The zero-order valence-corrected chi connectivity index (χ0v) is 12.0. The van der Waals surface area contributed by atoms with Crippen LogP contribution < -0.4 is 11.1 Å². The molecule has 2 bridgehead atoms. The number of carbonyl (C=O) groups excluding carboxylic acids is 1. The minimum absolute atomic E-state index is 0.0665. The quantitative estimate of drug-likeness (QED) is 0.864. The van der Waals surface area contributed by atoms with Gasteiger partial charge in [-0.05, 0) is 61.6 Å². The van der Waals surface area contributed by atoms with Gasteiger partial charge in [-0.2, -0.15) is 0 Å². The maximum atomic E-state index is 12.4. The molecular weight excluding hydrogens is 248 g/mol. The van der Waals surface area contributed by atoms with Crippen molar-refractivity contribution in [1.82, 2.24) is 5.32 Å². The average molecular weight is 272 g/mol. The lowest BCUT2D eigenvalue weighted by Gasteiger charge is -2.22. The highest BCUT2D eigenvalue weighted by Gasteiger charge is 2.39. The first-order chi connectivity index (χ1) is 9.78. The van der Waals surface area contributed by atoms with Gasteiger partial charge >= 0.3 is 0 Å². The average Bonchev–Trinajstić information content (AvgIpc) is 3.08. The summed E-state index contributed by atoms with van der Waals surface area (Å²) in [6.45, 7) is 1.42. The normalized spacial score (nSPS) is 27.8. The number of hydrogen-bond acceptors (Lipinski definition) is 2. The van der Waals surface area contributed by atoms with Crippen molar-refractivity contribution in [1.29, 1.82) is 0 Å². The summed E-state index contributed by atoms with van der Waals surface area (Å²) < 4.78 is 0. The first-order valence-corrected chi connectivity index (χ1v) is 7.84. The molecule has 108 valence electrons. The molecule has 2 saturated carbocycles. The Morgan fingerprint density at radius 1 is 1.25 bits per heavy atom. The van der Waals surface area contributed by atoms with Gasteiger partial charge in [-0.15, -0.1) is 0 Å². The Kier molecular flexibility index (Phi) is 4.06. The molecule has 3 N–H and O–H groups in total. The van der Waals surface area contributed by atoms with Crippen LogP contribution in [0.15, 0.2) is 24.3 Å². The van der Waals surface area contributed by atoms with E-state index in [1.807, 2.05) is 24.3 Å². The Hall–Kier alpha value is -1.35. The molecule has 1 aromatic rings. The molecule has 3 atom stereocenters. The minimum Gasteiger partial charge on any atom is -0.352 e. The van der Waals surface area contributed by atoms with Crippen molar-refractivity contribution in [2.75, 3.05) is 13.1 Å². The van der Waals surface area contributed by atoms with Crippen LogP contribution in [0.3, 0.4) is 0 Å². The third-order valence-corrected chi connectivity index (χ3v) is 5.09. The lowest BCUT2D eigenvalue weighted by atomic mass is 9.89. The molecule has 0 heterocycles. The summed E-state index contributed by atoms with van der Waals surface area (Å²) in [7, 11) is 0. The number of benzene rings is 1. The van der Waals surface area contributed by atoms with Crippen LogP contribution in [0.1, 0.15) is 41.6 Å². The molecule has 0 radical (unpaired) electrons. The zero-order chi connectivity index (χ0) is 13.9. The Balaban J connectivity index is 1.59. The SMILES string of the molecule is NCCc1ccccc1C(=O)NCC1CC2CCC1C2. The van der Waals surface area contributed by atoms with E-state index in [9.17, 15) is 4.79 Å². The molecule has 3 nitrogen and oxygen atoms in total. The van der Waals surface area contributed by atoms with Crippen LogP contribution in [0.25, 0.3) is 0 Å². The van der Waals surface area contributed by atoms with E-state index in [1.165, 1.54) is 25.7 Å². The van der Waals surface area contributed by atoms with Gasteiger partial charge < -0.3 is 11.1 Å². The highest BCUT2D eigenvalue weighted by atomic mass is 16.1. The van der Waals surface area contributed by atoms with E-state index in [4.69, 9.17) is 5.73 Å². The van der Waals surface area contributed by atoms with Crippen molar-refractivity contribution in [3.8, 4) is 0 Å². The predicted octanol–water partition coefficient (Wildman–Crippen LogP) is 2.35. The van der Waals surface area contributed by atoms with Gasteiger partial charge in [-0.25, -0.2) is 0 Å². The molecule has 2 fully saturated rings. The number of fused-ring (bicyclic) bond motifs is 2. The molecule has 2 aliphatic rings. The minimum atomic E-state index is 0.0665. The Labute approximate surface area is 120 Å². The van der Waals surface area contributed by atoms with E-state index in [0.29, 0.717) is 12.5 Å². The second-order valence-electron chi connectivity index (χ2n) is 6.34. The first-order valence-electron chi connectivity index (χ1n) is 7.84. The summed E-state index contributed by atoms with van der Waals surface area (Å²) >= 11 is 0. The molecule has 3 unspecified atom stereocenters. The summed E-state index contributed by atoms with van der Waals surface area (Å²) in [5, 5.41) is 3.14. The largest absolute Gasteiger partial charge is 0.352 e. The molecule has 1 amide bonds. The molecule has 2 aliphatic carbocycles. The molecule has 0 aromatic heterocycles. The number of nitrogens with one attached hydrogen (secondary N) is 1. The highest BCUT2D eigenvalue weighted by molar-refractivity contribution is 5.95. The van der Waals surface area contributed by atoms with Crippen molar-refractivity contribution < 1.29 is 4.79 Å². The fourth-order valence-electron chi connectivity index (χ4n) is 4.06. The predicted molar refractivity (Wildman–Crippen MR) is 80.5 cm³/mol. The molecule has 3 rings (SSSR count). The first kappa shape index (κ1) is 13.6. The second kappa shape index (κ2) is 5.96. The molecule has 3 heteroatoms. The van der Waals surface area contributed by atoms with E-state index in [0.717, 1.165) is 35.9 Å². The van der Waals surface area contributed by atoms with E-state index < -0.39 is 0 Å². The van der Waals surface area contributed by atoms with Crippen molar-refractivity contribution in [2.24, 2.45) is 23.5 Å². The second-order valence-corrected chi connectivity index (χ2v) is 6.34. The summed E-state index contributed by atoms with van der Waals surface area (Å²) in [6.07, 6.45) is 6.25. The maximum absolute atomic E-state index is 12.4. The van der Waals surface area contributed by atoms with Crippen LogP contribution in [-0.2, 0) is 6.42 Å². The van der Waals surface area contributed by atoms with Crippen molar-refractivity contribution in [3.63, 3.8) is 0 Å². The van der Waals surface area contributed by atoms with Crippen LogP contribution in [0.5, 0.6) is 0 Å². The van der Waals surface area contributed by atoms with E-state index in [2.05, 4.69) is 5.32 Å². The molecule has 20 heavy (non-hydrogen) atoms. The Bertz CT molecular complexity index is 486. The van der Waals surface area contributed by atoms with Gasteiger partial charge in [0.05, 0.1) is 0 Å². The standard InChI is InChI=1S/C17H24N2O/c18-8-7-13-3-1-2-4-16(13)17(20)19-11-15-10-12-5-6-14(15)9-12/h1-4,12,14-15H,5-11,18H2,(H,19,20). The van der Waals surface area contributed by atoms with Crippen LogP contribution in [0.2, 0.25) is 0 Å².